The molecule has 0 aromatic carbocycles. The van der Waals surface area contributed by atoms with Gasteiger partial charge in [-0.1, -0.05) is 0 Å². The molecular formula is C12H20N2O3. The third-order valence-corrected chi connectivity index (χ3v) is 3.75. The van der Waals surface area contributed by atoms with Crippen molar-refractivity contribution < 1.29 is 14.7 Å². The maximum Gasteiger partial charge on any atom is 0.307 e. The Hall–Kier alpha value is -1.10. The van der Waals surface area contributed by atoms with Crippen molar-refractivity contribution in [2.45, 2.75) is 19.3 Å². The first-order valence-electron chi connectivity index (χ1n) is 6.29. The van der Waals surface area contributed by atoms with Crippen LogP contribution in [0.1, 0.15) is 19.3 Å². The zero-order valence-electron chi connectivity index (χ0n) is 10.2. The molecule has 96 valence electrons. The highest BCUT2D eigenvalue weighted by molar-refractivity contribution is 5.89. The van der Waals surface area contributed by atoms with Crippen LogP contribution in [-0.2, 0) is 9.59 Å². The van der Waals surface area contributed by atoms with Gasteiger partial charge in [0.15, 0.2) is 0 Å². The molecule has 17 heavy (non-hydrogen) atoms. The lowest BCUT2D eigenvalue weighted by molar-refractivity contribution is -0.142. The summed E-state index contributed by atoms with van der Waals surface area (Å²) < 4.78 is 0. The van der Waals surface area contributed by atoms with Crippen molar-refractivity contribution in [2.24, 2.45) is 17.8 Å². The Kier molecular flexibility index (Phi) is 3.66. The Morgan fingerprint density at radius 3 is 2.76 bits per heavy atom. The summed E-state index contributed by atoms with van der Waals surface area (Å²) >= 11 is 0. The minimum Gasteiger partial charge on any atom is -0.481 e. The molecule has 1 aliphatic carbocycles. The van der Waals surface area contributed by atoms with E-state index in [1.807, 2.05) is 11.9 Å². The van der Waals surface area contributed by atoms with E-state index in [0.717, 1.165) is 32.5 Å². The van der Waals surface area contributed by atoms with E-state index in [4.69, 9.17) is 5.11 Å². The number of nitrogens with one attached hydrogen (secondary N) is 1. The fraction of sp³-hybridized carbons (Fsp3) is 0.833. The van der Waals surface area contributed by atoms with Crippen molar-refractivity contribution in [1.29, 1.82) is 0 Å². The van der Waals surface area contributed by atoms with Gasteiger partial charge in [-0.15, -0.1) is 0 Å². The number of rotatable bonds is 4. The number of hydrogen-bond donors (Lipinski definition) is 2. The van der Waals surface area contributed by atoms with Crippen LogP contribution in [0.5, 0.6) is 0 Å². The number of carboxylic acids is 1. The molecule has 2 aliphatic rings. The van der Waals surface area contributed by atoms with Crippen LogP contribution in [0.4, 0.5) is 0 Å². The van der Waals surface area contributed by atoms with Crippen LogP contribution in [0, 0.1) is 17.8 Å². The number of nitrogens with zero attached hydrogens (tertiary/aromatic N) is 1. The highest BCUT2D eigenvalue weighted by Crippen LogP contribution is 2.40. The van der Waals surface area contributed by atoms with Crippen molar-refractivity contribution in [3.8, 4) is 0 Å². The molecule has 1 aliphatic heterocycles. The van der Waals surface area contributed by atoms with Crippen molar-refractivity contribution in [3.05, 3.63) is 0 Å². The van der Waals surface area contributed by atoms with E-state index in [1.165, 1.54) is 0 Å². The molecule has 0 aromatic rings. The lowest BCUT2D eigenvalue weighted by Gasteiger charge is -2.33. The van der Waals surface area contributed by atoms with Crippen molar-refractivity contribution >= 4 is 11.9 Å². The second-order valence-corrected chi connectivity index (χ2v) is 5.14. The summed E-state index contributed by atoms with van der Waals surface area (Å²) in [4.78, 5) is 24.7. The first kappa shape index (κ1) is 12.4. The molecule has 1 heterocycles. The van der Waals surface area contributed by atoms with Crippen LogP contribution >= 0.6 is 0 Å². The van der Waals surface area contributed by atoms with Gasteiger partial charge in [0, 0.05) is 13.1 Å². The summed E-state index contributed by atoms with van der Waals surface area (Å²) in [5.41, 5.74) is 0. The van der Waals surface area contributed by atoms with Crippen molar-refractivity contribution in [1.82, 2.24) is 10.2 Å². The van der Waals surface area contributed by atoms with E-state index in [2.05, 4.69) is 5.32 Å². The highest BCUT2D eigenvalue weighted by atomic mass is 16.4. The number of amides is 1. The molecule has 2 fully saturated rings. The van der Waals surface area contributed by atoms with Crippen molar-refractivity contribution in [2.75, 3.05) is 26.7 Å². The van der Waals surface area contributed by atoms with Crippen molar-refractivity contribution in [3.63, 3.8) is 0 Å². The number of carbonyl (C=O) groups is 2. The number of hydrogen-bond acceptors (Lipinski definition) is 3. The number of carboxylic acid groups (broad SMARTS) is 1. The Bertz CT molecular complexity index is 317. The topological polar surface area (TPSA) is 69.6 Å². The minimum absolute atomic E-state index is 0.0539. The molecule has 1 amide bonds. The lowest BCUT2D eigenvalue weighted by atomic mass is 9.97. The van der Waals surface area contributed by atoms with E-state index in [-0.39, 0.29) is 11.8 Å². The average molecular weight is 240 g/mol. The van der Waals surface area contributed by atoms with Gasteiger partial charge in [-0.2, -0.15) is 0 Å². The summed E-state index contributed by atoms with van der Waals surface area (Å²) in [5, 5.41) is 12.0. The Morgan fingerprint density at radius 1 is 1.41 bits per heavy atom. The molecule has 0 spiro atoms. The second kappa shape index (κ2) is 5.04. The molecule has 5 heteroatoms. The van der Waals surface area contributed by atoms with Gasteiger partial charge in [0.1, 0.15) is 0 Å². The molecule has 1 unspecified atom stereocenters. The van der Waals surface area contributed by atoms with E-state index >= 15 is 0 Å². The van der Waals surface area contributed by atoms with Gasteiger partial charge in [-0.3, -0.25) is 9.59 Å². The zero-order valence-corrected chi connectivity index (χ0v) is 10.2. The number of likely N-dealkylation sites (tertiary alicyclic amines) is 1. The number of carbonyl (C=O) groups excluding carboxylic acids is 1. The largest absolute Gasteiger partial charge is 0.481 e. The van der Waals surface area contributed by atoms with Crippen LogP contribution in [0.15, 0.2) is 0 Å². The smallest absolute Gasteiger partial charge is 0.307 e. The standard InChI is InChI=1S/C12H20N2O3/c1-13-6-8-3-2-4-14(7-8)11(15)9-5-10(9)12(16)17/h8-10,13H,2-7H2,1H3,(H,16,17)/t8?,9-,10+/m1/s1. The Labute approximate surface area is 101 Å². The van der Waals surface area contributed by atoms with E-state index in [0.29, 0.717) is 12.3 Å². The van der Waals surface area contributed by atoms with Crippen LogP contribution in [0.2, 0.25) is 0 Å². The molecule has 3 atom stereocenters. The second-order valence-electron chi connectivity index (χ2n) is 5.14. The molecular weight excluding hydrogens is 220 g/mol. The number of aliphatic carboxylic acids is 1. The Morgan fingerprint density at radius 2 is 2.18 bits per heavy atom. The predicted octanol–water partition coefficient (Wildman–Crippen LogP) is 0.165. The van der Waals surface area contributed by atoms with Gasteiger partial charge in [0.05, 0.1) is 11.8 Å². The quantitative estimate of drug-likeness (QED) is 0.734. The summed E-state index contributed by atoms with van der Waals surface area (Å²) in [6.07, 6.45) is 2.71. The normalized spacial score (nSPS) is 32.3. The highest BCUT2D eigenvalue weighted by Gasteiger charge is 2.50. The first-order chi connectivity index (χ1) is 8.13. The summed E-state index contributed by atoms with van der Waals surface area (Å²) in [6, 6.07) is 0. The molecule has 0 aromatic heterocycles. The molecule has 2 rings (SSSR count). The van der Waals surface area contributed by atoms with E-state index in [1.54, 1.807) is 0 Å². The SMILES string of the molecule is CNCC1CCCN(C(=O)[C@@H]2C[C@@H]2C(=O)O)C1. The summed E-state index contributed by atoms with van der Waals surface area (Å²) in [6.45, 7) is 2.50. The van der Waals surface area contributed by atoms with Gasteiger partial charge in [0.2, 0.25) is 5.91 Å². The Balaban J connectivity index is 1.85. The van der Waals surface area contributed by atoms with Gasteiger partial charge < -0.3 is 15.3 Å². The zero-order chi connectivity index (χ0) is 12.4. The van der Waals surface area contributed by atoms with Gasteiger partial charge in [0.25, 0.3) is 0 Å². The molecule has 1 saturated heterocycles. The fourth-order valence-electron chi connectivity index (χ4n) is 2.70. The van der Waals surface area contributed by atoms with Gasteiger partial charge in [-0.05, 0) is 38.8 Å². The van der Waals surface area contributed by atoms with Crippen LogP contribution in [0.3, 0.4) is 0 Å². The van der Waals surface area contributed by atoms with Crippen LogP contribution in [0.25, 0.3) is 0 Å². The third kappa shape index (κ3) is 2.77. The summed E-state index contributed by atoms with van der Waals surface area (Å²) in [5.74, 6) is -0.932. The van der Waals surface area contributed by atoms with Crippen LogP contribution in [-0.4, -0.2) is 48.6 Å². The monoisotopic (exact) mass is 240 g/mol. The molecule has 0 bridgehead atoms. The molecule has 1 saturated carbocycles. The van der Waals surface area contributed by atoms with Gasteiger partial charge >= 0.3 is 5.97 Å². The summed E-state index contributed by atoms with van der Waals surface area (Å²) in [7, 11) is 1.92. The third-order valence-electron chi connectivity index (χ3n) is 3.75. The molecule has 2 N–H and O–H groups in total. The molecule has 0 radical (unpaired) electrons. The molecule has 5 nitrogen and oxygen atoms in total. The fourth-order valence-corrected chi connectivity index (χ4v) is 2.70. The maximum atomic E-state index is 12.1. The first-order valence-corrected chi connectivity index (χ1v) is 6.29. The number of piperidine rings is 1. The maximum absolute atomic E-state index is 12.1. The van der Waals surface area contributed by atoms with E-state index < -0.39 is 11.9 Å². The van der Waals surface area contributed by atoms with E-state index in [9.17, 15) is 9.59 Å². The van der Waals surface area contributed by atoms with Gasteiger partial charge in [-0.25, -0.2) is 0 Å². The minimum atomic E-state index is -0.827. The van der Waals surface area contributed by atoms with Crippen LogP contribution < -0.4 is 5.32 Å². The average Bonchev–Trinajstić information content (AvgIpc) is 3.09. The lowest BCUT2D eigenvalue weighted by Crippen LogP contribution is -2.43. The predicted molar refractivity (Wildman–Crippen MR) is 62.5 cm³/mol.